The molecule has 148 valence electrons. The summed E-state index contributed by atoms with van der Waals surface area (Å²) in [5.74, 6) is 1.26. The van der Waals surface area contributed by atoms with Crippen LogP contribution in [0.25, 0.3) is 22.9 Å². The molecule has 0 aliphatic carbocycles. The summed E-state index contributed by atoms with van der Waals surface area (Å²) in [7, 11) is 0. The minimum atomic E-state index is -0.500. The highest BCUT2D eigenvalue weighted by Gasteiger charge is 2.14. The molecule has 0 radical (unpaired) electrons. The van der Waals surface area contributed by atoms with Gasteiger partial charge in [0.05, 0.1) is 9.85 Å². The van der Waals surface area contributed by atoms with E-state index in [0.29, 0.717) is 22.6 Å². The van der Waals surface area contributed by atoms with Gasteiger partial charge in [0.25, 0.3) is 11.4 Å². The predicted octanol–water partition coefficient (Wildman–Crippen LogP) is 5.01. The predicted molar refractivity (Wildman–Crippen MR) is 105 cm³/mol. The van der Waals surface area contributed by atoms with Gasteiger partial charge in [0.1, 0.15) is 11.5 Å². The summed E-state index contributed by atoms with van der Waals surface area (Å²) in [6.45, 7) is 0. The molecule has 0 spiro atoms. The number of aromatic nitrogens is 2. The van der Waals surface area contributed by atoms with E-state index in [0.717, 1.165) is 0 Å². The van der Waals surface area contributed by atoms with Gasteiger partial charge in [-0.05, 0) is 36.4 Å². The summed E-state index contributed by atoms with van der Waals surface area (Å²) in [5.41, 5.74) is 0.904. The monoisotopic (exact) mass is 404 g/mol. The van der Waals surface area contributed by atoms with Gasteiger partial charge >= 0.3 is 0 Å². The van der Waals surface area contributed by atoms with Crippen LogP contribution in [-0.4, -0.2) is 20.0 Å². The van der Waals surface area contributed by atoms with Crippen molar-refractivity contribution in [2.24, 2.45) is 0 Å². The summed E-state index contributed by atoms with van der Waals surface area (Å²) in [5, 5.41) is 29.6. The molecule has 0 fully saturated rings. The lowest BCUT2D eigenvalue weighted by molar-refractivity contribution is -0.385. The lowest BCUT2D eigenvalue weighted by Gasteiger charge is -2.06. The summed E-state index contributed by atoms with van der Waals surface area (Å²) in [4.78, 5) is 20.7. The van der Waals surface area contributed by atoms with Gasteiger partial charge < -0.3 is 9.15 Å². The molecule has 4 rings (SSSR count). The number of benzene rings is 3. The zero-order valence-electron chi connectivity index (χ0n) is 15.2. The van der Waals surface area contributed by atoms with Crippen LogP contribution in [0.2, 0.25) is 0 Å². The molecular weight excluding hydrogens is 392 g/mol. The Morgan fingerprint density at radius 1 is 0.700 bits per heavy atom. The Kier molecular flexibility index (Phi) is 4.87. The highest BCUT2D eigenvalue weighted by atomic mass is 16.6. The maximum Gasteiger partial charge on any atom is 0.270 e. The van der Waals surface area contributed by atoms with E-state index in [1.165, 1.54) is 42.5 Å². The third kappa shape index (κ3) is 3.97. The second kappa shape index (κ2) is 7.80. The van der Waals surface area contributed by atoms with Crippen molar-refractivity contribution in [3.63, 3.8) is 0 Å². The molecule has 1 heterocycles. The number of hydrogen-bond acceptors (Lipinski definition) is 8. The second-order valence-corrected chi connectivity index (χ2v) is 6.10. The number of ether oxygens (including phenoxy) is 1. The zero-order valence-corrected chi connectivity index (χ0v) is 15.2. The van der Waals surface area contributed by atoms with Crippen molar-refractivity contribution in [1.82, 2.24) is 10.2 Å². The van der Waals surface area contributed by atoms with Gasteiger partial charge in [-0.15, -0.1) is 10.2 Å². The second-order valence-electron chi connectivity index (χ2n) is 6.10. The molecule has 0 saturated carbocycles. The van der Waals surface area contributed by atoms with Gasteiger partial charge in [0.15, 0.2) is 0 Å². The SMILES string of the molecule is O=[N+]([O-])c1ccc(Oc2cccc(-c3nnc(-c4cccc([N+](=O)[O-])c4)o3)c2)cc1. The zero-order chi connectivity index (χ0) is 21.1. The standard InChI is InChI=1S/C20H12N4O6/c25-23(26)15-7-9-17(10-8-15)29-18-6-2-4-14(12-18)20-22-21-19(30-20)13-3-1-5-16(11-13)24(27)28/h1-12H. The minimum Gasteiger partial charge on any atom is -0.457 e. The Hall–Kier alpha value is -4.60. The fraction of sp³-hybridized carbons (Fsp3) is 0. The van der Waals surface area contributed by atoms with Crippen molar-refractivity contribution in [1.29, 1.82) is 0 Å². The first-order chi connectivity index (χ1) is 14.5. The Morgan fingerprint density at radius 2 is 1.30 bits per heavy atom. The average Bonchev–Trinajstić information content (AvgIpc) is 3.25. The van der Waals surface area contributed by atoms with Gasteiger partial charge in [-0.1, -0.05) is 12.1 Å². The van der Waals surface area contributed by atoms with E-state index in [4.69, 9.17) is 9.15 Å². The number of non-ortho nitro benzene ring substituents is 2. The Bertz CT molecular complexity index is 1240. The van der Waals surface area contributed by atoms with Crippen molar-refractivity contribution in [3.05, 3.63) is 93.0 Å². The average molecular weight is 404 g/mol. The molecule has 0 unspecified atom stereocenters. The van der Waals surface area contributed by atoms with E-state index in [2.05, 4.69) is 10.2 Å². The summed E-state index contributed by atoms with van der Waals surface area (Å²) < 4.78 is 11.4. The number of hydrogen-bond donors (Lipinski definition) is 0. The lowest BCUT2D eigenvalue weighted by Crippen LogP contribution is -1.89. The molecule has 0 N–H and O–H groups in total. The highest BCUT2D eigenvalue weighted by molar-refractivity contribution is 5.61. The van der Waals surface area contributed by atoms with E-state index >= 15 is 0 Å². The van der Waals surface area contributed by atoms with E-state index in [1.54, 1.807) is 30.3 Å². The van der Waals surface area contributed by atoms with Crippen molar-refractivity contribution >= 4 is 11.4 Å². The first-order valence-corrected chi connectivity index (χ1v) is 8.61. The van der Waals surface area contributed by atoms with Gasteiger partial charge in [0, 0.05) is 35.4 Å². The van der Waals surface area contributed by atoms with E-state index in [9.17, 15) is 20.2 Å². The van der Waals surface area contributed by atoms with Gasteiger partial charge in [-0.2, -0.15) is 0 Å². The molecule has 4 aromatic rings. The topological polar surface area (TPSA) is 134 Å². The molecule has 10 nitrogen and oxygen atoms in total. The summed E-state index contributed by atoms with van der Waals surface area (Å²) in [6.07, 6.45) is 0. The minimum absolute atomic E-state index is 0.0318. The Labute approximate surface area is 168 Å². The third-order valence-corrected chi connectivity index (χ3v) is 4.09. The maximum absolute atomic E-state index is 10.9. The molecule has 0 bridgehead atoms. The first-order valence-electron chi connectivity index (χ1n) is 8.61. The fourth-order valence-corrected chi connectivity index (χ4v) is 2.67. The van der Waals surface area contributed by atoms with Crippen LogP contribution in [0.5, 0.6) is 11.5 Å². The van der Waals surface area contributed by atoms with Crippen molar-refractivity contribution < 1.29 is 19.0 Å². The highest BCUT2D eigenvalue weighted by Crippen LogP contribution is 2.30. The van der Waals surface area contributed by atoms with Crippen LogP contribution >= 0.6 is 0 Å². The molecule has 1 aromatic heterocycles. The van der Waals surface area contributed by atoms with E-state index < -0.39 is 9.85 Å². The van der Waals surface area contributed by atoms with Crippen LogP contribution in [0.4, 0.5) is 11.4 Å². The molecule has 0 aliphatic rings. The van der Waals surface area contributed by atoms with Crippen LogP contribution in [0.3, 0.4) is 0 Å². The lowest BCUT2D eigenvalue weighted by atomic mass is 10.2. The van der Waals surface area contributed by atoms with Crippen LogP contribution in [-0.2, 0) is 0 Å². The number of nitrogens with zero attached hydrogens (tertiary/aromatic N) is 4. The molecule has 30 heavy (non-hydrogen) atoms. The number of rotatable bonds is 6. The van der Waals surface area contributed by atoms with Crippen LogP contribution in [0.1, 0.15) is 0 Å². The third-order valence-electron chi connectivity index (χ3n) is 4.09. The Morgan fingerprint density at radius 3 is 1.93 bits per heavy atom. The molecular formula is C20H12N4O6. The Balaban J connectivity index is 1.56. The fourth-order valence-electron chi connectivity index (χ4n) is 2.67. The molecule has 0 aliphatic heterocycles. The summed E-state index contributed by atoms with van der Waals surface area (Å²) in [6, 6.07) is 18.5. The maximum atomic E-state index is 10.9. The molecule has 3 aromatic carbocycles. The summed E-state index contributed by atoms with van der Waals surface area (Å²) >= 11 is 0. The van der Waals surface area contributed by atoms with Gasteiger partial charge in [-0.3, -0.25) is 20.2 Å². The smallest absolute Gasteiger partial charge is 0.270 e. The quantitative estimate of drug-likeness (QED) is 0.323. The molecule has 0 amide bonds. The number of nitro benzene ring substituents is 2. The largest absolute Gasteiger partial charge is 0.457 e. The van der Waals surface area contributed by atoms with E-state index in [1.807, 2.05) is 0 Å². The van der Waals surface area contributed by atoms with Crippen LogP contribution in [0, 0.1) is 20.2 Å². The first kappa shape index (κ1) is 18.7. The van der Waals surface area contributed by atoms with Crippen molar-refractivity contribution in [3.8, 4) is 34.4 Å². The number of nitro groups is 2. The van der Waals surface area contributed by atoms with E-state index in [-0.39, 0.29) is 23.2 Å². The van der Waals surface area contributed by atoms with Crippen LogP contribution < -0.4 is 4.74 Å². The van der Waals surface area contributed by atoms with Crippen LogP contribution in [0.15, 0.2) is 77.2 Å². The molecule has 10 heteroatoms. The molecule has 0 atom stereocenters. The molecule has 0 saturated heterocycles. The van der Waals surface area contributed by atoms with Crippen molar-refractivity contribution in [2.75, 3.05) is 0 Å². The normalized spacial score (nSPS) is 10.5. The van der Waals surface area contributed by atoms with Gasteiger partial charge in [0.2, 0.25) is 11.8 Å². The van der Waals surface area contributed by atoms with Crippen molar-refractivity contribution in [2.45, 2.75) is 0 Å². The van der Waals surface area contributed by atoms with Gasteiger partial charge in [-0.25, -0.2) is 0 Å².